The van der Waals surface area contributed by atoms with Crippen molar-refractivity contribution in [3.63, 3.8) is 0 Å². The van der Waals surface area contributed by atoms with E-state index < -0.39 is 0 Å². The lowest BCUT2D eigenvalue weighted by molar-refractivity contribution is -0.123. The van der Waals surface area contributed by atoms with Crippen LogP contribution in [-0.2, 0) is 4.79 Å². The van der Waals surface area contributed by atoms with Gasteiger partial charge in [0.15, 0.2) is 0 Å². The molecule has 0 radical (unpaired) electrons. The molecule has 1 amide bonds. The van der Waals surface area contributed by atoms with E-state index in [0.29, 0.717) is 6.54 Å². The first kappa shape index (κ1) is 10.5. The number of aliphatic hydroxyl groups is 1. The van der Waals surface area contributed by atoms with Crippen molar-refractivity contribution in [3.8, 4) is 0 Å². The number of primary amides is 1. The van der Waals surface area contributed by atoms with Gasteiger partial charge in [-0.2, -0.15) is 0 Å². The molecule has 1 aliphatic rings. The summed E-state index contributed by atoms with van der Waals surface area (Å²) in [4.78, 5) is 13.0. The summed E-state index contributed by atoms with van der Waals surface area (Å²) in [7, 11) is 0. The third-order valence-corrected chi connectivity index (χ3v) is 2.51. The van der Waals surface area contributed by atoms with Gasteiger partial charge in [0.1, 0.15) is 0 Å². The van der Waals surface area contributed by atoms with Gasteiger partial charge in [-0.25, -0.2) is 0 Å². The first-order valence-corrected chi connectivity index (χ1v) is 4.79. The fourth-order valence-electron chi connectivity index (χ4n) is 1.77. The lowest BCUT2D eigenvalue weighted by Gasteiger charge is -2.31. The summed E-state index contributed by atoms with van der Waals surface area (Å²) in [5.41, 5.74) is 5.21. The molecule has 0 aromatic heterocycles. The molecule has 76 valence electrons. The van der Waals surface area contributed by atoms with Crippen LogP contribution in [0.3, 0.4) is 0 Å². The van der Waals surface area contributed by atoms with Crippen LogP contribution in [0.2, 0.25) is 0 Å². The van der Waals surface area contributed by atoms with Gasteiger partial charge >= 0.3 is 0 Å². The minimum atomic E-state index is -0.287. The van der Waals surface area contributed by atoms with Crippen molar-refractivity contribution in [2.75, 3.05) is 19.6 Å². The van der Waals surface area contributed by atoms with Gasteiger partial charge in [0.25, 0.3) is 0 Å². The highest BCUT2D eigenvalue weighted by atomic mass is 16.3. The smallest absolute Gasteiger partial charge is 0.220 e. The number of rotatable bonds is 3. The monoisotopic (exact) mass is 186 g/mol. The van der Waals surface area contributed by atoms with Crippen molar-refractivity contribution < 1.29 is 9.90 Å². The number of nitrogens with zero attached hydrogens (tertiary/aromatic N) is 1. The maximum atomic E-state index is 10.8. The van der Waals surface area contributed by atoms with Crippen molar-refractivity contribution in [1.29, 1.82) is 0 Å². The summed E-state index contributed by atoms with van der Waals surface area (Å²) in [6, 6.07) is 0. The quantitative estimate of drug-likeness (QED) is 0.628. The van der Waals surface area contributed by atoms with E-state index >= 15 is 0 Å². The zero-order valence-corrected chi connectivity index (χ0v) is 8.07. The SMILES string of the molecule is C[C@@H](O)CN1CCC(C(N)=O)CC1. The van der Waals surface area contributed by atoms with Crippen molar-refractivity contribution >= 4 is 5.91 Å². The number of piperidine rings is 1. The molecule has 1 aliphatic heterocycles. The van der Waals surface area contributed by atoms with Gasteiger partial charge in [-0.15, -0.1) is 0 Å². The lowest BCUT2D eigenvalue weighted by Crippen LogP contribution is -2.41. The lowest BCUT2D eigenvalue weighted by atomic mass is 9.96. The van der Waals surface area contributed by atoms with Crippen LogP contribution >= 0.6 is 0 Å². The standard InChI is InChI=1S/C9H18N2O2/c1-7(12)6-11-4-2-8(3-5-11)9(10)13/h7-8,12H,2-6H2,1H3,(H2,10,13)/t7-/m1/s1. The van der Waals surface area contributed by atoms with E-state index in [1.807, 2.05) is 0 Å². The molecule has 0 saturated carbocycles. The van der Waals surface area contributed by atoms with Crippen molar-refractivity contribution in [3.05, 3.63) is 0 Å². The molecule has 1 atom stereocenters. The van der Waals surface area contributed by atoms with Gasteiger partial charge in [-0.05, 0) is 32.9 Å². The Morgan fingerprint density at radius 2 is 2.15 bits per heavy atom. The number of hydrogen-bond donors (Lipinski definition) is 2. The van der Waals surface area contributed by atoms with Gasteiger partial charge in [0.05, 0.1) is 6.10 Å². The fraction of sp³-hybridized carbons (Fsp3) is 0.889. The van der Waals surface area contributed by atoms with Gasteiger partial charge in [0.2, 0.25) is 5.91 Å². The molecule has 0 aromatic rings. The molecule has 1 saturated heterocycles. The topological polar surface area (TPSA) is 66.6 Å². The van der Waals surface area contributed by atoms with Gasteiger partial charge in [-0.1, -0.05) is 0 Å². The van der Waals surface area contributed by atoms with E-state index in [1.54, 1.807) is 6.92 Å². The number of nitrogens with two attached hydrogens (primary N) is 1. The molecule has 13 heavy (non-hydrogen) atoms. The van der Waals surface area contributed by atoms with Crippen LogP contribution in [0.25, 0.3) is 0 Å². The Kier molecular flexibility index (Phi) is 3.69. The molecule has 4 nitrogen and oxygen atoms in total. The predicted octanol–water partition coefficient (Wildman–Crippen LogP) is -0.435. The minimum absolute atomic E-state index is 0.0465. The van der Waals surface area contributed by atoms with Crippen molar-refractivity contribution in [2.24, 2.45) is 11.7 Å². The molecule has 0 aromatic carbocycles. The molecular weight excluding hydrogens is 168 g/mol. The highest BCUT2D eigenvalue weighted by Crippen LogP contribution is 2.16. The molecule has 1 heterocycles. The highest BCUT2D eigenvalue weighted by molar-refractivity contribution is 5.76. The van der Waals surface area contributed by atoms with Crippen molar-refractivity contribution in [1.82, 2.24) is 4.90 Å². The van der Waals surface area contributed by atoms with Crippen LogP contribution in [0.15, 0.2) is 0 Å². The molecule has 1 rings (SSSR count). The third kappa shape index (κ3) is 3.32. The minimum Gasteiger partial charge on any atom is -0.392 e. The summed E-state index contributed by atoms with van der Waals surface area (Å²) in [5, 5.41) is 9.15. The number of hydrogen-bond acceptors (Lipinski definition) is 3. The van der Waals surface area contributed by atoms with E-state index in [0.717, 1.165) is 25.9 Å². The number of likely N-dealkylation sites (tertiary alicyclic amines) is 1. The molecule has 0 unspecified atom stereocenters. The summed E-state index contributed by atoms with van der Waals surface area (Å²) in [6.07, 6.45) is 1.38. The summed E-state index contributed by atoms with van der Waals surface area (Å²) in [5.74, 6) is -0.137. The van der Waals surface area contributed by atoms with Crippen LogP contribution in [-0.4, -0.2) is 41.7 Å². The molecular formula is C9H18N2O2. The van der Waals surface area contributed by atoms with Crippen LogP contribution < -0.4 is 5.73 Å². The highest BCUT2D eigenvalue weighted by Gasteiger charge is 2.23. The Bertz CT molecular complexity index is 174. The molecule has 3 N–H and O–H groups in total. The van der Waals surface area contributed by atoms with E-state index in [2.05, 4.69) is 4.90 Å². The Morgan fingerprint density at radius 3 is 2.54 bits per heavy atom. The van der Waals surface area contributed by atoms with Gasteiger partial charge in [0, 0.05) is 12.5 Å². The van der Waals surface area contributed by atoms with Crippen LogP contribution in [0.4, 0.5) is 0 Å². The number of carbonyl (C=O) groups excluding carboxylic acids is 1. The van der Waals surface area contributed by atoms with E-state index in [4.69, 9.17) is 10.8 Å². The second-order valence-corrected chi connectivity index (χ2v) is 3.83. The summed E-state index contributed by atoms with van der Waals surface area (Å²) < 4.78 is 0. The van der Waals surface area contributed by atoms with Crippen LogP contribution in [0.5, 0.6) is 0 Å². The molecule has 0 spiro atoms. The summed E-state index contributed by atoms with van der Waals surface area (Å²) >= 11 is 0. The maximum absolute atomic E-state index is 10.8. The Morgan fingerprint density at radius 1 is 1.62 bits per heavy atom. The van der Waals surface area contributed by atoms with Gasteiger partial charge < -0.3 is 15.7 Å². The first-order valence-electron chi connectivity index (χ1n) is 4.79. The number of amides is 1. The second-order valence-electron chi connectivity index (χ2n) is 3.83. The second kappa shape index (κ2) is 4.58. The number of β-amino-alcohol motifs (C(OH)–C–C–N with tert-alkyl or cyclic N) is 1. The van der Waals surface area contributed by atoms with E-state index in [1.165, 1.54) is 0 Å². The molecule has 1 fully saturated rings. The number of carbonyl (C=O) groups is 1. The fourth-order valence-corrected chi connectivity index (χ4v) is 1.77. The Balaban J connectivity index is 2.26. The van der Waals surface area contributed by atoms with E-state index in [9.17, 15) is 4.79 Å². The summed E-state index contributed by atoms with van der Waals surface area (Å²) in [6.45, 7) is 4.22. The Hall–Kier alpha value is -0.610. The first-order chi connectivity index (χ1) is 6.09. The van der Waals surface area contributed by atoms with E-state index in [-0.39, 0.29) is 17.9 Å². The van der Waals surface area contributed by atoms with Crippen molar-refractivity contribution in [2.45, 2.75) is 25.9 Å². The molecule has 4 heteroatoms. The van der Waals surface area contributed by atoms with Gasteiger partial charge in [-0.3, -0.25) is 4.79 Å². The number of aliphatic hydroxyl groups excluding tert-OH is 1. The zero-order valence-electron chi connectivity index (χ0n) is 8.07. The predicted molar refractivity (Wildman–Crippen MR) is 50.0 cm³/mol. The normalized spacial score (nSPS) is 22.9. The van der Waals surface area contributed by atoms with Crippen LogP contribution in [0, 0.1) is 5.92 Å². The third-order valence-electron chi connectivity index (χ3n) is 2.51. The average molecular weight is 186 g/mol. The average Bonchev–Trinajstić information content (AvgIpc) is 2.04. The zero-order chi connectivity index (χ0) is 9.84. The molecule has 0 aliphatic carbocycles. The molecule has 0 bridgehead atoms. The maximum Gasteiger partial charge on any atom is 0.220 e. The largest absolute Gasteiger partial charge is 0.392 e. The van der Waals surface area contributed by atoms with Crippen LogP contribution in [0.1, 0.15) is 19.8 Å². The Labute approximate surface area is 78.7 Å².